The lowest BCUT2D eigenvalue weighted by molar-refractivity contribution is 0.0773. The number of hydrogen-bond donors (Lipinski definition) is 0. The zero-order chi connectivity index (χ0) is 9.52. The molecule has 0 amide bonds. The lowest BCUT2D eigenvalue weighted by atomic mass is 9.85. The van der Waals surface area contributed by atoms with Crippen LogP contribution in [0.15, 0.2) is 12.2 Å². The Labute approximate surface area is 82.2 Å². The van der Waals surface area contributed by atoms with E-state index in [1.54, 1.807) is 0 Å². The molecule has 0 fully saturated rings. The summed E-state index contributed by atoms with van der Waals surface area (Å²) >= 11 is 0. The monoisotopic (exact) mass is 182 g/mol. The first-order valence-electron chi connectivity index (χ1n) is 5.57. The van der Waals surface area contributed by atoms with Crippen molar-refractivity contribution in [3.05, 3.63) is 12.2 Å². The molecule has 1 nitrogen and oxygen atoms in total. The van der Waals surface area contributed by atoms with Crippen LogP contribution in [0.1, 0.15) is 39.5 Å². The summed E-state index contributed by atoms with van der Waals surface area (Å²) in [7, 11) is 0. The van der Waals surface area contributed by atoms with Crippen molar-refractivity contribution in [1.29, 1.82) is 0 Å². The highest BCUT2D eigenvalue weighted by Gasteiger charge is 2.17. The van der Waals surface area contributed by atoms with Gasteiger partial charge in [-0.25, -0.2) is 0 Å². The molecule has 0 heterocycles. The summed E-state index contributed by atoms with van der Waals surface area (Å²) in [6, 6.07) is 0. The second kappa shape index (κ2) is 6.20. The molecule has 0 aromatic carbocycles. The highest BCUT2D eigenvalue weighted by Crippen LogP contribution is 2.24. The number of hydrogen-bond acceptors (Lipinski definition) is 1. The molecule has 2 unspecified atom stereocenters. The number of unbranched alkanes of at least 4 members (excludes halogenated alkanes) is 1. The van der Waals surface area contributed by atoms with E-state index in [4.69, 9.17) is 4.74 Å². The molecule has 0 aliphatic heterocycles. The summed E-state index contributed by atoms with van der Waals surface area (Å²) in [5.41, 5.74) is 0. The first-order valence-corrected chi connectivity index (χ1v) is 5.57. The van der Waals surface area contributed by atoms with Crippen LogP contribution in [-0.4, -0.2) is 13.2 Å². The third-order valence-corrected chi connectivity index (χ3v) is 2.89. The number of allylic oxidation sites excluding steroid dienone is 2. The fourth-order valence-electron chi connectivity index (χ4n) is 1.72. The average Bonchev–Trinajstić information content (AvgIpc) is 2.15. The van der Waals surface area contributed by atoms with Gasteiger partial charge >= 0.3 is 0 Å². The summed E-state index contributed by atoms with van der Waals surface area (Å²) in [4.78, 5) is 0. The molecule has 1 heteroatoms. The van der Waals surface area contributed by atoms with Crippen molar-refractivity contribution < 1.29 is 4.74 Å². The van der Waals surface area contributed by atoms with E-state index in [0.29, 0.717) is 0 Å². The van der Waals surface area contributed by atoms with Crippen LogP contribution < -0.4 is 0 Å². The van der Waals surface area contributed by atoms with Gasteiger partial charge in [-0.05, 0) is 31.1 Å². The molecular weight excluding hydrogens is 160 g/mol. The average molecular weight is 182 g/mol. The van der Waals surface area contributed by atoms with Gasteiger partial charge in [0.1, 0.15) is 0 Å². The molecule has 0 aromatic rings. The zero-order valence-corrected chi connectivity index (χ0v) is 8.96. The van der Waals surface area contributed by atoms with E-state index >= 15 is 0 Å². The van der Waals surface area contributed by atoms with Gasteiger partial charge in [-0.3, -0.25) is 0 Å². The Balaban J connectivity index is 2.09. The highest BCUT2D eigenvalue weighted by atomic mass is 16.5. The maximum atomic E-state index is 5.65. The zero-order valence-electron chi connectivity index (χ0n) is 8.96. The molecule has 2 atom stereocenters. The minimum Gasteiger partial charge on any atom is -0.381 e. The van der Waals surface area contributed by atoms with Crippen LogP contribution in [0.25, 0.3) is 0 Å². The van der Waals surface area contributed by atoms with Crippen molar-refractivity contribution >= 4 is 0 Å². The Morgan fingerprint density at radius 2 is 2.08 bits per heavy atom. The maximum absolute atomic E-state index is 5.65. The molecular formula is C12H22O. The molecule has 0 radical (unpaired) electrons. The molecule has 0 saturated carbocycles. The largest absolute Gasteiger partial charge is 0.381 e. The van der Waals surface area contributed by atoms with Crippen LogP contribution in [0.4, 0.5) is 0 Å². The van der Waals surface area contributed by atoms with Gasteiger partial charge < -0.3 is 4.74 Å². The van der Waals surface area contributed by atoms with Crippen molar-refractivity contribution in [2.24, 2.45) is 11.8 Å². The van der Waals surface area contributed by atoms with Crippen molar-refractivity contribution in [2.45, 2.75) is 39.5 Å². The highest BCUT2D eigenvalue weighted by molar-refractivity contribution is 4.93. The molecule has 0 aromatic heterocycles. The Hall–Kier alpha value is -0.300. The van der Waals surface area contributed by atoms with Gasteiger partial charge in [0.05, 0.1) is 0 Å². The van der Waals surface area contributed by atoms with Crippen LogP contribution in [-0.2, 0) is 4.74 Å². The molecule has 1 rings (SSSR count). The van der Waals surface area contributed by atoms with Gasteiger partial charge in [-0.15, -0.1) is 0 Å². The van der Waals surface area contributed by atoms with Crippen LogP contribution in [0.5, 0.6) is 0 Å². The van der Waals surface area contributed by atoms with Crippen LogP contribution in [0.2, 0.25) is 0 Å². The topological polar surface area (TPSA) is 9.23 Å². The summed E-state index contributed by atoms with van der Waals surface area (Å²) in [6.45, 7) is 6.45. The normalized spacial score (nSPS) is 27.8. The first-order chi connectivity index (χ1) is 6.34. The predicted molar refractivity (Wildman–Crippen MR) is 56.8 cm³/mol. The Morgan fingerprint density at radius 3 is 2.77 bits per heavy atom. The van der Waals surface area contributed by atoms with Crippen molar-refractivity contribution in [3.8, 4) is 0 Å². The molecule has 0 saturated heterocycles. The van der Waals surface area contributed by atoms with Crippen LogP contribution >= 0.6 is 0 Å². The van der Waals surface area contributed by atoms with E-state index in [1.165, 1.54) is 25.7 Å². The fourth-order valence-corrected chi connectivity index (χ4v) is 1.72. The predicted octanol–water partition coefficient (Wildman–Crippen LogP) is 3.41. The third kappa shape index (κ3) is 3.95. The van der Waals surface area contributed by atoms with Crippen LogP contribution in [0, 0.1) is 11.8 Å². The SMILES string of the molecule is CCCCOCC1CC=CCC1C. The van der Waals surface area contributed by atoms with Gasteiger partial charge in [0.15, 0.2) is 0 Å². The number of rotatable bonds is 5. The van der Waals surface area contributed by atoms with Crippen molar-refractivity contribution in [3.63, 3.8) is 0 Å². The molecule has 0 bridgehead atoms. The Bertz CT molecular complexity index is 151. The Morgan fingerprint density at radius 1 is 1.31 bits per heavy atom. The van der Waals surface area contributed by atoms with E-state index < -0.39 is 0 Å². The van der Waals surface area contributed by atoms with Crippen molar-refractivity contribution in [2.75, 3.05) is 13.2 Å². The lowest BCUT2D eigenvalue weighted by Crippen LogP contribution is -2.19. The second-order valence-corrected chi connectivity index (χ2v) is 4.11. The summed E-state index contributed by atoms with van der Waals surface area (Å²) < 4.78 is 5.65. The smallest absolute Gasteiger partial charge is 0.0499 e. The van der Waals surface area contributed by atoms with E-state index in [0.717, 1.165) is 25.0 Å². The van der Waals surface area contributed by atoms with Gasteiger partial charge in [0.2, 0.25) is 0 Å². The second-order valence-electron chi connectivity index (χ2n) is 4.11. The quantitative estimate of drug-likeness (QED) is 0.467. The first kappa shape index (κ1) is 10.8. The summed E-state index contributed by atoms with van der Waals surface area (Å²) in [6.07, 6.45) is 9.49. The van der Waals surface area contributed by atoms with E-state index in [-0.39, 0.29) is 0 Å². The van der Waals surface area contributed by atoms with Gasteiger partial charge in [0.25, 0.3) is 0 Å². The van der Waals surface area contributed by atoms with Gasteiger partial charge in [-0.2, -0.15) is 0 Å². The molecule has 76 valence electrons. The van der Waals surface area contributed by atoms with Crippen LogP contribution in [0.3, 0.4) is 0 Å². The van der Waals surface area contributed by atoms with E-state index in [9.17, 15) is 0 Å². The molecule has 1 aliphatic carbocycles. The summed E-state index contributed by atoms with van der Waals surface area (Å²) in [5.74, 6) is 1.58. The molecule has 0 N–H and O–H groups in total. The minimum atomic E-state index is 0.766. The molecule has 13 heavy (non-hydrogen) atoms. The van der Waals surface area contributed by atoms with E-state index in [1.807, 2.05) is 0 Å². The van der Waals surface area contributed by atoms with Gasteiger partial charge in [-0.1, -0.05) is 32.4 Å². The molecule has 0 spiro atoms. The lowest BCUT2D eigenvalue weighted by Gasteiger charge is -2.24. The standard InChI is InChI=1S/C12H22O/c1-3-4-9-13-10-12-8-6-5-7-11(12)2/h5-6,11-12H,3-4,7-10H2,1-2H3. The van der Waals surface area contributed by atoms with E-state index in [2.05, 4.69) is 26.0 Å². The minimum absolute atomic E-state index is 0.766. The summed E-state index contributed by atoms with van der Waals surface area (Å²) in [5, 5.41) is 0. The van der Waals surface area contributed by atoms with Gasteiger partial charge in [0, 0.05) is 13.2 Å². The maximum Gasteiger partial charge on any atom is 0.0499 e. The Kier molecular flexibility index (Phi) is 5.14. The fraction of sp³-hybridized carbons (Fsp3) is 0.833. The number of ether oxygens (including phenoxy) is 1. The van der Waals surface area contributed by atoms with Crippen molar-refractivity contribution in [1.82, 2.24) is 0 Å². The third-order valence-electron chi connectivity index (χ3n) is 2.89. The molecule has 1 aliphatic rings.